The molecular weight excluding hydrogens is 342 g/mol. The van der Waals surface area contributed by atoms with Gasteiger partial charge in [0.05, 0.1) is 12.2 Å². The maximum absolute atomic E-state index is 12.6. The van der Waals surface area contributed by atoms with Crippen molar-refractivity contribution in [2.24, 2.45) is 18.4 Å². The number of aryl methyl sites for hydroxylation is 1. The SMILES string of the molecule is CNC(=O)C1CN(Cc2ccccc2)CC12CN(C(=O)c1cn(C)cn1)C2. The first-order chi connectivity index (χ1) is 13.0. The Hall–Kier alpha value is -2.67. The molecule has 2 amide bonds. The van der Waals surface area contributed by atoms with E-state index in [1.54, 1.807) is 24.1 Å². The summed E-state index contributed by atoms with van der Waals surface area (Å²) in [5.41, 5.74) is 1.54. The van der Waals surface area contributed by atoms with E-state index in [-0.39, 0.29) is 23.1 Å². The number of nitrogens with one attached hydrogen (secondary N) is 1. The zero-order valence-electron chi connectivity index (χ0n) is 15.8. The highest BCUT2D eigenvalue weighted by molar-refractivity contribution is 5.93. The summed E-state index contributed by atoms with van der Waals surface area (Å²) in [7, 11) is 3.53. The van der Waals surface area contributed by atoms with Gasteiger partial charge in [-0.15, -0.1) is 0 Å². The molecule has 3 heterocycles. The molecule has 1 aromatic carbocycles. The number of hydrogen-bond donors (Lipinski definition) is 1. The summed E-state index contributed by atoms with van der Waals surface area (Å²) in [6, 6.07) is 10.3. The molecule has 0 bridgehead atoms. The topological polar surface area (TPSA) is 70.5 Å². The largest absolute Gasteiger partial charge is 0.359 e. The van der Waals surface area contributed by atoms with Crippen LogP contribution >= 0.6 is 0 Å². The van der Waals surface area contributed by atoms with Crippen LogP contribution in [0.4, 0.5) is 0 Å². The summed E-state index contributed by atoms with van der Waals surface area (Å²) >= 11 is 0. The average Bonchev–Trinajstić information content (AvgIpc) is 3.24. The number of nitrogens with zero attached hydrogens (tertiary/aromatic N) is 4. The van der Waals surface area contributed by atoms with Gasteiger partial charge in [0.25, 0.3) is 5.91 Å². The molecule has 0 aliphatic carbocycles. The minimum Gasteiger partial charge on any atom is -0.359 e. The van der Waals surface area contributed by atoms with Crippen LogP contribution in [0.25, 0.3) is 0 Å². The Kier molecular flexibility index (Phi) is 4.47. The van der Waals surface area contributed by atoms with Crippen molar-refractivity contribution in [3.05, 3.63) is 54.1 Å². The summed E-state index contributed by atoms with van der Waals surface area (Å²) in [6.45, 7) is 3.58. The summed E-state index contributed by atoms with van der Waals surface area (Å²) in [5, 5.41) is 2.81. The van der Waals surface area contributed by atoms with Crippen LogP contribution in [0.1, 0.15) is 16.1 Å². The Morgan fingerprint density at radius 1 is 1.22 bits per heavy atom. The third-order valence-electron chi connectivity index (χ3n) is 5.75. The third-order valence-corrected chi connectivity index (χ3v) is 5.75. The molecule has 1 atom stereocenters. The van der Waals surface area contributed by atoms with E-state index in [1.807, 2.05) is 30.1 Å². The van der Waals surface area contributed by atoms with Gasteiger partial charge in [-0.2, -0.15) is 0 Å². The highest BCUT2D eigenvalue weighted by Crippen LogP contribution is 2.44. The van der Waals surface area contributed by atoms with Crippen molar-refractivity contribution in [3.8, 4) is 0 Å². The Morgan fingerprint density at radius 2 is 1.96 bits per heavy atom. The number of benzene rings is 1. The van der Waals surface area contributed by atoms with Gasteiger partial charge < -0.3 is 14.8 Å². The van der Waals surface area contributed by atoms with E-state index in [4.69, 9.17) is 0 Å². The molecule has 2 aliphatic rings. The van der Waals surface area contributed by atoms with Gasteiger partial charge in [0.1, 0.15) is 5.69 Å². The zero-order valence-corrected chi connectivity index (χ0v) is 15.8. The van der Waals surface area contributed by atoms with Gasteiger partial charge in [0, 0.05) is 58.4 Å². The Balaban J connectivity index is 1.47. The molecule has 1 spiro atoms. The molecule has 142 valence electrons. The molecule has 2 aromatic rings. The molecule has 1 aromatic heterocycles. The summed E-state index contributed by atoms with van der Waals surface area (Å²) < 4.78 is 1.77. The van der Waals surface area contributed by atoms with Gasteiger partial charge in [-0.25, -0.2) is 4.98 Å². The molecular formula is C20H25N5O2. The van der Waals surface area contributed by atoms with Crippen molar-refractivity contribution in [3.63, 3.8) is 0 Å². The van der Waals surface area contributed by atoms with Gasteiger partial charge in [-0.1, -0.05) is 30.3 Å². The molecule has 27 heavy (non-hydrogen) atoms. The minimum absolute atomic E-state index is 0.0570. The molecule has 7 nitrogen and oxygen atoms in total. The molecule has 2 saturated heterocycles. The molecule has 1 N–H and O–H groups in total. The van der Waals surface area contributed by atoms with E-state index in [0.717, 1.165) is 19.6 Å². The average molecular weight is 367 g/mol. The van der Waals surface area contributed by atoms with Crippen LogP contribution in [0.15, 0.2) is 42.9 Å². The predicted octanol–water partition coefficient (Wildman–Crippen LogP) is 0.740. The first kappa shape index (κ1) is 17.7. The van der Waals surface area contributed by atoms with Crippen molar-refractivity contribution in [2.45, 2.75) is 6.54 Å². The van der Waals surface area contributed by atoms with Crippen LogP contribution in [0.5, 0.6) is 0 Å². The quantitative estimate of drug-likeness (QED) is 0.865. The fourth-order valence-corrected chi connectivity index (χ4v) is 4.43. The Morgan fingerprint density at radius 3 is 2.59 bits per heavy atom. The van der Waals surface area contributed by atoms with E-state index in [0.29, 0.717) is 18.8 Å². The maximum Gasteiger partial charge on any atom is 0.274 e. The lowest BCUT2D eigenvalue weighted by Crippen LogP contribution is -2.64. The lowest BCUT2D eigenvalue weighted by atomic mass is 9.71. The Labute approximate surface area is 159 Å². The van der Waals surface area contributed by atoms with Crippen LogP contribution in [0, 0.1) is 11.3 Å². The van der Waals surface area contributed by atoms with Gasteiger partial charge in [-0.05, 0) is 5.56 Å². The van der Waals surface area contributed by atoms with Gasteiger partial charge in [0.15, 0.2) is 0 Å². The maximum atomic E-state index is 12.6. The molecule has 0 radical (unpaired) electrons. The van der Waals surface area contributed by atoms with Crippen LogP contribution in [0.2, 0.25) is 0 Å². The van der Waals surface area contributed by atoms with E-state index < -0.39 is 0 Å². The second-order valence-electron chi connectivity index (χ2n) is 7.77. The standard InChI is InChI=1S/C20H25N5O2/c1-21-18(26)16-9-24(8-15-6-4-3-5-7-15)11-20(16)12-25(13-20)19(27)17-10-23(2)14-22-17/h3-7,10,14,16H,8-9,11-13H2,1-2H3,(H,21,26). The summed E-state index contributed by atoms with van der Waals surface area (Å²) in [6.07, 6.45) is 3.37. The minimum atomic E-state index is -0.167. The van der Waals surface area contributed by atoms with E-state index in [1.165, 1.54) is 5.56 Å². The lowest BCUT2D eigenvalue weighted by Gasteiger charge is -2.50. The molecule has 7 heteroatoms. The van der Waals surface area contributed by atoms with E-state index >= 15 is 0 Å². The highest BCUT2D eigenvalue weighted by atomic mass is 16.2. The van der Waals surface area contributed by atoms with Crippen molar-refractivity contribution < 1.29 is 9.59 Å². The van der Waals surface area contributed by atoms with Gasteiger partial charge in [0.2, 0.25) is 5.91 Å². The fraction of sp³-hybridized carbons (Fsp3) is 0.450. The Bertz CT molecular complexity index is 841. The zero-order chi connectivity index (χ0) is 19.0. The first-order valence-corrected chi connectivity index (χ1v) is 9.26. The smallest absolute Gasteiger partial charge is 0.274 e. The second kappa shape index (κ2) is 6.81. The van der Waals surface area contributed by atoms with E-state index in [9.17, 15) is 9.59 Å². The number of likely N-dealkylation sites (tertiary alicyclic amines) is 2. The van der Waals surface area contributed by atoms with Crippen molar-refractivity contribution in [1.82, 2.24) is 24.7 Å². The number of rotatable bonds is 4. The second-order valence-corrected chi connectivity index (χ2v) is 7.77. The molecule has 2 fully saturated rings. The van der Waals surface area contributed by atoms with Crippen molar-refractivity contribution in [1.29, 1.82) is 0 Å². The van der Waals surface area contributed by atoms with E-state index in [2.05, 4.69) is 27.3 Å². The number of amides is 2. The normalized spacial score (nSPS) is 21.3. The van der Waals surface area contributed by atoms with Gasteiger partial charge >= 0.3 is 0 Å². The molecule has 0 saturated carbocycles. The summed E-state index contributed by atoms with van der Waals surface area (Å²) in [5.74, 6) is -0.0899. The third kappa shape index (κ3) is 3.23. The van der Waals surface area contributed by atoms with Crippen LogP contribution < -0.4 is 5.32 Å². The molecule has 2 aliphatic heterocycles. The lowest BCUT2D eigenvalue weighted by molar-refractivity contribution is -0.130. The molecule has 1 unspecified atom stereocenters. The first-order valence-electron chi connectivity index (χ1n) is 9.26. The number of carbonyl (C=O) groups excluding carboxylic acids is 2. The number of aromatic nitrogens is 2. The highest BCUT2D eigenvalue weighted by Gasteiger charge is 2.57. The van der Waals surface area contributed by atoms with Crippen molar-refractivity contribution >= 4 is 11.8 Å². The van der Waals surface area contributed by atoms with Gasteiger partial charge in [-0.3, -0.25) is 14.5 Å². The number of imidazole rings is 1. The number of hydrogen-bond acceptors (Lipinski definition) is 4. The predicted molar refractivity (Wildman–Crippen MR) is 101 cm³/mol. The number of carbonyl (C=O) groups is 2. The fourth-order valence-electron chi connectivity index (χ4n) is 4.43. The summed E-state index contributed by atoms with van der Waals surface area (Å²) in [4.78, 5) is 33.4. The van der Waals surface area contributed by atoms with Crippen LogP contribution in [-0.2, 0) is 18.4 Å². The monoisotopic (exact) mass is 367 g/mol. The molecule has 4 rings (SSSR count). The van der Waals surface area contributed by atoms with Crippen LogP contribution in [0.3, 0.4) is 0 Å². The van der Waals surface area contributed by atoms with Crippen molar-refractivity contribution in [2.75, 3.05) is 33.2 Å². The van der Waals surface area contributed by atoms with Crippen LogP contribution in [-0.4, -0.2) is 64.4 Å².